The number of aryl methyl sites for hydroxylation is 1. The number of hydrogen-bond acceptors (Lipinski definition) is 2. The fourth-order valence-electron chi connectivity index (χ4n) is 1.41. The molecule has 0 aliphatic carbocycles. The molecule has 6 heteroatoms. The van der Waals surface area contributed by atoms with Gasteiger partial charge in [0.05, 0.1) is 15.7 Å². The molecule has 0 saturated heterocycles. The van der Waals surface area contributed by atoms with E-state index in [-0.39, 0.29) is 5.56 Å². The Morgan fingerprint density at radius 1 is 1.50 bits per heavy atom. The highest BCUT2D eigenvalue weighted by atomic mass is 79.9. The van der Waals surface area contributed by atoms with Gasteiger partial charge in [-0.1, -0.05) is 11.6 Å². The first-order chi connectivity index (χ1) is 7.52. The third-order valence-corrected chi connectivity index (χ3v) is 3.23. The van der Waals surface area contributed by atoms with Crippen molar-refractivity contribution >= 4 is 33.3 Å². The van der Waals surface area contributed by atoms with Crippen LogP contribution in [-0.2, 0) is 7.05 Å². The van der Waals surface area contributed by atoms with Gasteiger partial charge in [-0.25, -0.2) is 4.39 Å². The first-order valence-corrected chi connectivity index (χ1v) is 5.60. The molecule has 2 rings (SSSR count). The molecule has 0 spiro atoms. The fourth-order valence-corrected chi connectivity index (χ4v) is 1.99. The molecule has 0 amide bonds. The van der Waals surface area contributed by atoms with Crippen LogP contribution in [-0.4, -0.2) is 9.78 Å². The summed E-state index contributed by atoms with van der Waals surface area (Å²) in [4.78, 5) is 0. The number of aromatic nitrogens is 2. The summed E-state index contributed by atoms with van der Waals surface area (Å²) in [6, 6.07) is 3.16. The lowest BCUT2D eigenvalue weighted by Crippen LogP contribution is -1.99. The van der Waals surface area contributed by atoms with Crippen molar-refractivity contribution in [2.45, 2.75) is 0 Å². The van der Waals surface area contributed by atoms with E-state index in [1.807, 2.05) is 0 Å². The van der Waals surface area contributed by atoms with E-state index in [9.17, 15) is 4.39 Å². The van der Waals surface area contributed by atoms with E-state index < -0.39 is 5.82 Å². The van der Waals surface area contributed by atoms with Crippen LogP contribution in [0.3, 0.4) is 0 Å². The van der Waals surface area contributed by atoms with E-state index in [0.29, 0.717) is 20.9 Å². The summed E-state index contributed by atoms with van der Waals surface area (Å²) in [6.07, 6.45) is 1.49. The van der Waals surface area contributed by atoms with Gasteiger partial charge >= 0.3 is 0 Å². The highest BCUT2D eigenvalue weighted by molar-refractivity contribution is 9.10. The first kappa shape index (κ1) is 11.4. The third kappa shape index (κ3) is 1.70. The second-order valence-corrected chi connectivity index (χ2v) is 4.55. The van der Waals surface area contributed by atoms with Crippen LogP contribution < -0.4 is 5.73 Å². The maximum absolute atomic E-state index is 13.9. The van der Waals surface area contributed by atoms with Crippen LogP contribution in [0.1, 0.15) is 0 Å². The van der Waals surface area contributed by atoms with Gasteiger partial charge in [0, 0.05) is 18.2 Å². The third-order valence-electron chi connectivity index (χ3n) is 2.30. The van der Waals surface area contributed by atoms with E-state index in [2.05, 4.69) is 21.0 Å². The largest absolute Gasteiger partial charge is 0.383 e. The standard InChI is InChI=1S/C10H8BrClFN3/c1-16-10(14)5(4-15-16)8-7(12)3-2-6(11)9(8)13/h2-4H,14H2,1H3. The summed E-state index contributed by atoms with van der Waals surface area (Å²) in [5, 5.41) is 4.26. The molecule has 1 aromatic carbocycles. The zero-order valence-electron chi connectivity index (χ0n) is 8.34. The number of benzene rings is 1. The predicted molar refractivity (Wildman–Crippen MR) is 65.7 cm³/mol. The zero-order valence-corrected chi connectivity index (χ0v) is 10.7. The van der Waals surface area contributed by atoms with Gasteiger partial charge in [0.15, 0.2) is 0 Å². The van der Waals surface area contributed by atoms with Gasteiger partial charge in [0.25, 0.3) is 0 Å². The molecule has 0 atom stereocenters. The smallest absolute Gasteiger partial charge is 0.146 e. The van der Waals surface area contributed by atoms with E-state index in [0.717, 1.165) is 0 Å². The second-order valence-electron chi connectivity index (χ2n) is 3.29. The molecule has 0 aliphatic rings. The summed E-state index contributed by atoms with van der Waals surface area (Å²) in [5.41, 5.74) is 6.54. The van der Waals surface area contributed by atoms with Crippen molar-refractivity contribution in [1.29, 1.82) is 0 Å². The minimum Gasteiger partial charge on any atom is -0.383 e. The molecule has 0 radical (unpaired) electrons. The molecule has 0 unspecified atom stereocenters. The van der Waals surface area contributed by atoms with Crippen LogP contribution in [0.4, 0.5) is 10.2 Å². The molecule has 0 aliphatic heterocycles. The Kier molecular flexibility index (Phi) is 2.90. The lowest BCUT2D eigenvalue weighted by molar-refractivity contribution is 0.625. The molecule has 1 heterocycles. The summed E-state index contributed by atoms with van der Waals surface area (Å²) in [6.45, 7) is 0. The molecular formula is C10H8BrClFN3. The van der Waals surface area contributed by atoms with Crippen LogP contribution in [0.15, 0.2) is 22.8 Å². The average Bonchev–Trinajstić information content (AvgIpc) is 2.56. The monoisotopic (exact) mass is 303 g/mol. The lowest BCUT2D eigenvalue weighted by atomic mass is 10.1. The topological polar surface area (TPSA) is 43.8 Å². The quantitative estimate of drug-likeness (QED) is 0.822. The summed E-state index contributed by atoms with van der Waals surface area (Å²) in [5.74, 6) is -0.0638. The Labute approximate surface area is 105 Å². The predicted octanol–water partition coefficient (Wildman–Crippen LogP) is 3.22. The van der Waals surface area contributed by atoms with Crippen LogP contribution in [0.2, 0.25) is 5.02 Å². The lowest BCUT2D eigenvalue weighted by Gasteiger charge is -2.06. The van der Waals surface area contributed by atoms with Crippen molar-refractivity contribution in [2.24, 2.45) is 7.05 Å². The number of hydrogen-bond donors (Lipinski definition) is 1. The van der Waals surface area contributed by atoms with Crippen molar-refractivity contribution < 1.29 is 4.39 Å². The Morgan fingerprint density at radius 2 is 2.19 bits per heavy atom. The van der Waals surface area contributed by atoms with Crippen LogP contribution in [0.25, 0.3) is 11.1 Å². The van der Waals surface area contributed by atoms with Gasteiger partial charge < -0.3 is 5.73 Å². The Balaban J connectivity index is 2.73. The molecule has 0 saturated carbocycles. The van der Waals surface area contributed by atoms with Crippen LogP contribution in [0, 0.1) is 5.82 Å². The number of anilines is 1. The van der Waals surface area contributed by atoms with Gasteiger partial charge in [0.2, 0.25) is 0 Å². The van der Waals surface area contributed by atoms with E-state index in [4.69, 9.17) is 17.3 Å². The van der Waals surface area contributed by atoms with Crippen LogP contribution >= 0.6 is 27.5 Å². The molecule has 2 N–H and O–H groups in total. The molecule has 16 heavy (non-hydrogen) atoms. The molecular weight excluding hydrogens is 296 g/mol. The van der Waals surface area contributed by atoms with Crippen LogP contribution in [0.5, 0.6) is 0 Å². The molecule has 2 aromatic rings. The van der Waals surface area contributed by atoms with E-state index >= 15 is 0 Å². The summed E-state index contributed by atoms with van der Waals surface area (Å²) < 4.78 is 15.7. The SMILES string of the molecule is Cn1ncc(-c2c(Cl)ccc(Br)c2F)c1N. The van der Waals surface area contributed by atoms with E-state index in [1.54, 1.807) is 19.2 Å². The maximum Gasteiger partial charge on any atom is 0.146 e. The number of nitrogen functional groups attached to an aromatic ring is 1. The van der Waals surface area contributed by atoms with Crippen molar-refractivity contribution in [3.63, 3.8) is 0 Å². The zero-order chi connectivity index (χ0) is 11.9. The van der Waals surface area contributed by atoms with Crippen molar-refractivity contribution in [3.05, 3.63) is 33.6 Å². The Morgan fingerprint density at radius 3 is 2.75 bits per heavy atom. The van der Waals surface area contributed by atoms with Gasteiger partial charge in [-0.3, -0.25) is 4.68 Å². The Hall–Kier alpha value is -1.07. The number of nitrogens with zero attached hydrogens (tertiary/aromatic N) is 2. The highest BCUT2D eigenvalue weighted by Gasteiger charge is 2.17. The molecule has 3 nitrogen and oxygen atoms in total. The summed E-state index contributed by atoms with van der Waals surface area (Å²) >= 11 is 9.07. The number of rotatable bonds is 1. The molecule has 0 fully saturated rings. The number of halogens is 3. The normalized spacial score (nSPS) is 10.8. The van der Waals surface area contributed by atoms with Gasteiger partial charge in [-0.05, 0) is 28.1 Å². The van der Waals surface area contributed by atoms with Crippen molar-refractivity contribution in [2.75, 3.05) is 5.73 Å². The summed E-state index contributed by atoms with van der Waals surface area (Å²) in [7, 11) is 1.68. The van der Waals surface area contributed by atoms with Crippen molar-refractivity contribution in [3.8, 4) is 11.1 Å². The minimum absolute atomic E-state index is 0.265. The molecule has 84 valence electrons. The highest BCUT2D eigenvalue weighted by Crippen LogP contribution is 2.36. The first-order valence-electron chi connectivity index (χ1n) is 4.43. The van der Waals surface area contributed by atoms with Crippen molar-refractivity contribution in [1.82, 2.24) is 9.78 Å². The maximum atomic E-state index is 13.9. The van der Waals surface area contributed by atoms with Gasteiger partial charge in [-0.15, -0.1) is 0 Å². The van der Waals surface area contributed by atoms with Gasteiger partial charge in [0.1, 0.15) is 11.6 Å². The minimum atomic E-state index is -0.438. The number of nitrogens with two attached hydrogens (primary N) is 1. The van der Waals surface area contributed by atoms with E-state index in [1.165, 1.54) is 10.9 Å². The fraction of sp³-hybridized carbons (Fsp3) is 0.100. The van der Waals surface area contributed by atoms with Gasteiger partial charge in [-0.2, -0.15) is 5.10 Å². The molecule has 1 aromatic heterocycles. The second kappa shape index (κ2) is 4.07. The molecule has 0 bridgehead atoms. The average molecular weight is 305 g/mol. The Bertz CT molecular complexity index is 553.